The van der Waals surface area contributed by atoms with Crippen LogP contribution in [-0.2, 0) is 11.2 Å². The molecule has 0 aliphatic heterocycles. The van der Waals surface area contributed by atoms with E-state index in [-0.39, 0.29) is 11.9 Å². The van der Waals surface area contributed by atoms with E-state index in [0.29, 0.717) is 13.0 Å². The minimum absolute atomic E-state index is 0.105. The van der Waals surface area contributed by atoms with Crippen LogP contribution < -0.4 is 4.74 Å². The summed E-state index contributed by atoms with van der Waals surface area (Å²) < 4.78 is 11.0. The van der Waals surface area contributed by atoms with E-state index in [9.17, 15) is 4.79 Å². The molecule has 0 fully saturated rings. The third kappa shape index (κ3) is 2.91. The SMILES string of the molecule is COCCC(C)Oc1cccc2c1CCCC2=O. The highest BCUT2D eigenvalue weighted by Gasteiger charge is 2.20. The summed E-state index contributed by atoms with van der Waals surface area (Å²) in [5.74, 6) is 1.11. The van der Waals surface area contributed by atoms with Crippen LogP contribution in [0.25, 0.3) is 0 Å². The molecule has 0 radical (unpaired) electrons. The predicted octanol–water partition coefficient (Wildman–Crippen LogP) is 3.01. The molecule has 0 bridgehead atoms. The second-order valence-corrected chi connectivity index (χ2v) is 4.77. The second kappa shape index (κ2) is 6.01. The van der Waals surface area contributed by atoms with Gasteiger partial charge in [-0.2, -0.15) is 0 Å². The van der Waals surface area contributed by atoms with Gasteiger partial charge in [-0.25, -0.2) is 0 Å². The molecule has 18 heavy (non-hydrogen) atoms. The zero-order chi connectivity index (χ0) is 13.0. The van der Waals surface area contributed by atoms with Crippen molar-refractivity contribution >= 4 is 5.78 Å². The van der Waals surface area contributed by atoms with Crippen LogP contribution in [0.1, 0.15) is 42.1 Å². The lowest BCUT2D eigenvalue weighted by molar-refractivity contribution is 0.0969. The fraction of sp³-hybridized carbons (Fsp3) is 0.533. The number of hydrogen-bond donors (Lipinski definition) is 0. The van der Waals surface area contributed by atoms with Gasteiger partial charge in [-0.05, 0) is 25.8 Å². The molecule has 1 aliphatic rings. The molecule has 0 heterocycles. The zero-order valence-electron chi connectivity index (χ0n) is 11.1. The Morgan fingerprint density at radius 1 is 1.33 bits per heavy atom. The first-order valence-electron chi connectivity index (χ1n) is 6.53. The lowest BCUT2D eigenvalue weighted by Crippen LogP contribution is -2.18. The molecule has 3 nitrogen and oxygen atoms in total. The summed E-state index contributed by atoms with van der Waals surface area (Å²) in [5, 5.41) is 0. The van der Waals surface area contributed by atoms with Crippen LogP contribution in [0.4, 0.5) is 0 Å². The third-order valence-corrected chi connectivity index (χ3v) is 3.32. The van der Waals surface area contributed by atoms with Crippen molar-refractivity contribution in [3.05, 3.63) is 29.3 Å². The fourth-order valence-corrected chi connectivity index (χ4v) is 2.32. The van der Waals surface area contributed by atoms with E-state index in [0.717, 1.165) is 36.1 Å². The van der Waals surface area contributed by atoms with E-state index in [2.05, 4.69) is 0 Å². The highest BCUT2D eigenvalue weighted by Crippen LogP contribution is 2.30. The molecular weight excluding hydrogens is 228 g/mol. The zero-order valence-corrected chi connectivity index (χ0v) is 11.1. The minimum atomic E-state index is 0.105. The molecule has 1 atom stereocenters. The Morgan fingerprint density at radius 3 is 2.94 bits per heavy atom. The predicted molar refractivity (Wildman–Crippen MR) is 70.3 cm³/mol. The standard InChI is InChI=1S/C15H20O3/c1-11(9-10-17-2)18-15-8-4-5-12-13(15)6-3-7-14(12)16/h4-5,8,11H,3,6-7,9-10H2,1-2H3. The summed E-state index contributed by atoms with van der Waals surface area (Å²) in [6, 6.07) is 5.77. The Bertz CT molecular complexity index is 426. The van der Waals surface area contributed by atoms with E-state index in [1.165, 1.54) is 0 Å². The van der Waals surface area contributed by atoms with Crippen molar-refractivity contribution in [3.8, 4) is 5.75 Å². The summed E-state index contributed by atoms with van der Waals surface area (Å²) in [4.78, 5) is 11.8. The molecule has 0 saturated carbocycles. The van der Waals surface area contributed by atoms with Crippen molar-refractivity contribution in [2.24, 2.45) is 0 Å². The molecule has 1 aliphatic carbocycles. The summed E-state index contributed by atoms with van der Waals surface area (Å²) in [6.07, 6.45) is 3.49. The molecule has 2 rings (SSSR count). The Morgan fingerprint density at radius 2 is 2.17 bits per heavy atom. The number of methoxy groups -OCH3 is 1. The molecular formula is C15H20O3. The van der Waals surface area contributed by atoms with Gasteiger partial charge in [-0.1, -0.05) is 12.1 Å². The van der Waals surface area contributed by atoms with Crippen LogP contribution in [-0.4, -0.2) is 25.6 Å². The van der Waals surface area contributed by atoms with Crippen molar-refractivity contribution in [2.45, 2.75) is 38.7 Å². The second-order valence-electron chi connectivity index (χ2n) is 4.77. The van der Waals surface area contributed by atoms with Crippen molar-refractivity contribution in [1.29, 1.82) is 0 Å². The maximum absolute atomic E-state index is 11.8. The average molecular weight is 248 g/mol. The van der Waals surface area contributed by atoms with E-state index in [1.54, 1.807) is 7.11 Å². The van der Waals surface area contributed by atoms with Gasteiger partial charge in [0, 0.05) is 37.7 Å². The van der Waals surface area contributed by atoms with Crippen LogP contribution in [0, 0.1) is 0 Å². The quantitative estimate of drug-likeness (QED) is 0.803. The highest BCUT2D eigenvalue weighted by molar-refractivity contribution is 5.99. The van der Waals surface area contributed by atoms with Crippen LogP contribution in [0.2, 0.25) is 0 Å². The number of carbonyl (C=O) groups is 1. The number of Topliss-reactive ketones (excluding diaryl/α,β-unsaturated/α-hetero) is 1. The number of carbonyl (C=O) groups excluding carboxylic acids is 1. The summed E-state index contributed by atoms with van der Waals surface area (Å²) >= 11 is 0. The summed E-state index contributed by atoms with van der Waals surface area (Å²) in [6.45, 7) is 2.72. The number of ether oxygens (including phenoxy) is 2. The van der Waals surface area contributed by atoms with Gasteiger partial charge in [0.15, 0.2) is 5.78 Å². The maximum atomic E-state index is 11.8. The minimum Gasteiger partial charge on any atom is -0.490 e. The molecule has 1 aromatic rings. The van der Waals surface area contributed by atoms with E-state index in [1.807, 2.05) is 25.1 Å². The number of hydrogen-bond acceptors (Lipinski definition) is 3. The van der Waals surface area contributed by atoms with E-state index < -0.39 is 0 Å². The van der Waals surface area contributed by atoms with Gasteiger partial charge in [0.25, 0.3) is 0 Å². The van der Waals surface area contributed by atoms with Gasteiger partial charge < -0.3 is 9.47 Å². The Labute approximate surface area is 108 Å². The van der Waals surface area contributed by atoms with Gasteiger partial charge >= 0.3 is 0 Å². The van der Waals surface area contributed by atoms with Crippen molar-refractivity contribution in [1.82, 2.24) is 0 Å². The van der Waals surface area contributed by atoms with Crippen molar-refractivity contribution in [2.75, 3.05) is 13.7 Å². The van der Waals surface area contributed by atoms with Crippen molar-refractivity contribution < 1.29 is 14.3 Å². The van der Waals surface area contributed by atoms with Crippen LogP contribution in [0.15, 0.2) is 18.2 Å². The van der Waals surface area contributed by atoms with Crippen molar-refractivity contribution in [3.63, 3.8) is 0 Å². The van der Waals surface area contributed by atoms with Crippen LogP contribution >= 0.6 is 0 Å². The largest absolute Gasteiger partial charge is 0.490 e. The molecule has 3 heteroatoms. The first-order valence-corrected chi connectivity index (χ1v) is 6.53. The molecule has 0 N–H and O–H groups in total. The molecule has 1 aromatic carbocycles. The number of ketones is 1. The lowest BCUT2D eigenvalue weighted by atomic mass is 9.90. The van der Waals surface area contributed by atoms with Gasteiger partial charge in [0.2, 0.25) is 0 Å². The first kappa shape index (κ1) is 13.1. The fourth-order valence-electron chi connectivity index (χ4n) is 2.32. The topological polar surface area (TPSA) is 35.5 Å². The van der Waals surface area contributed by atoms with Gasteiger partial charge in [-0.3, -0.25) is 4.79 Å². The van der Waals surface area contributed by atoms with Gasteiger partial charge in [-0.15, -0.1) is 0 Å². The normalized spacial score (nSPS) is 16.2. The Hall–Kier alpha value is -1.35. The Kier molecular flexibility index (Phi) is 4.37. The number of fused-ring (bicyclic) bond motifs is 1. The molecule has 1 unspecified atom stereocenters. The lowest BCUT2D eigenvalue weighted by Gasteiger charge is -2.21. The molecule has 0 spiro atoms. The monoisotopic (exact) mass is 248 g/mol. The number of benzene rings is 1. The molecule has 0 amide bonds. The van der Waals surface area contributed by atoms with Gasteiger partial charge in [0.05, 0.1) is 6.10 Å². The average Bonchev–Trinajstić information content (AvgIpc) is 2.38. The first-order chi connectivity index (χ1) is 8.72. The smallest absolute Gasteiger partial charge is 0.163 e. The maximum Gasteiger partial charge on any atom is 0.163 e. The van der Waals surface area contributed by atoms with E-state index in [4.69, 9.17) is 9.47 Å². The number of rotatable bonds is 5. The summed E-state index contributed by atoms with van der Waals surface area (Å²) in [5.41, 5.74) is 1.93. The third-order valence-electron chi connectivity index (χ3n) is 3.32. The molecule has 0 aromatic heterocycles. The van der Waals surface area contributed by atoms with Crippen LogP contribution in [0.5, 0.6) is 5.75 Å². The van der Waals surface area contributed by atoms with Gasteiger partial charge in [0.1, 0.15) is 5.75 Å². The van der Waals surface area contributed by atoms with Crippen LogP contribution in [0.3, 0.4) is 0 Å². The highest BCUT2D eigenvalue weighted by atomic mass is 16.5. The molecule has 98 valence electrons. The Balaban J connectivity index is 2.13. The molecule has 0 saturated heterocycles. The summed E-state index contributed by atoms with van der Waals surface area (Å²) in [7, 11) is 1.69. The van der Waals surface area contributed by atoms with E-state index >= 15 is 0 Å².